The molecular formula is C13H26N2O2S. The number of rotatable bonds is 6. The molecule has 0 radical (unpaired) electrons. The molecular weight excluding hydrogens is 248 g/mol. The van der Waals surface area contributed by atoms with Gasteiger partial charge < -0.3 is 4.90 Å². The average molecular weight is 274 g/mol. The van der Waals surface area contributed by atoms with Gasteiger partial charge in [0.25, 0.3) is 0 Å². The zero-order valence-corrected chi connectivity index (χ0v) is 12.9. The summed E-state index contributed by atoms with van der Waals surface area (Å²) >= 11 is 0. The number of nitrogens with zero attached hydrogens (tertiary/aromatic N) is 1. The second-order valence-electron chi connectivity index (χ2n) is 5.44. The van der Waals surface area contributed by atoms with Crippen molar-refractivity contribution in [3.8, 4) is 0 Å². The Morgan fingerprint density at radius 1 is 1.39 bits per heavy atom. The Morgan fingerprint density at radius 2 is 2.00 bits per heavy atom. The zero-order chi connectivity index (χ0) is 13.9. The van der Waals surface area contributed by atoms with E-state index in [-0.39, 0.29) is 23.4 Å². The monoisotopic (exact) mass is 274 g/mol. The topological polar surface area (TPSA) is 49.4 Å². The van der Waals surface area contributed by atoms with Crippen LogP contribution in [0.1, 0.15) is 40.5 Å². The van der Waals surface area contributed by atoms with Gasteiger partial charge in [0, 0.05) is 28.9 Å². The maximum Gasteiger partial charge on any atom is 0.241 e. The first kappa shape index (κ1) is 15.6. The van der Waals surface area contributed by atoms with Gasteiger partial charge in [-0.25, -0.2) is 0 Å². The van der Waals surface area contributed by atoms with E-state index in [0.717, 1.165) is 12.8 Å². The van der Waals surface area contributed by atoms with E-state index in [9.17, 15) is 9.00 Å². The maximum atomic E-state index is 12.3. The maximum absolute atomic E-state index is 12.3. The molecule has 4 atom stereocenters. The number of hydrogen-bond donors (Lipinski definition) is 1. The summed E-state index contributed by atoms with van der Waals surface area (Å²) < 4.78 is 11.3. The Hall–Kier alpha value is -0.420. The second-order valence-corrected chi connectivity index (χ2v) is 7.24. The van der Waals surface area contributed by atoms with Gasteiger partial charge in [-0.1, -0.05) is 27.7 Å². The molecule has 18 heavy (non-hydrogen) atoms. The third-order valence-electron chi connectivity index (χ3n) is 3.69. The molecule has 1 amide bonds. The lowest BCUT2D eigenvalue weighted by molar-refractivity contribution is -0.130. The van der Waals surface area contributed by atoms with E-state index in [1.54, 1.807) is 6.26 Å². The molecule has 0 aromatic carbocycles. The van der Waals surface area contributed by atoms with Crippen molar-refractivity contribution in [3.05, 3.63) is 0 Å². The lowest BCUT2D eigenvalue weighted by Crippen LogP contribution is -2.38. The van der Waals surface area contributed by atoms with Gasteiger partial charge in [0.05, 0.1) is 12.2 Å². The minimum Gasteiger partial charge on any atom is -0.326 e. The van der Waals surface area contributed by atoms with Gasteiger partial charge in [-0.3, -0.25) is 14.3 Å². The van der Waals surface area contributed by atoms with E-state index in [1.165, 1.54) is 0 Å². The summed E-state index contributed by atoms with van der Waals surface area (Å²) in [5, 5.41) is 3.54. The summed E-state index contributed by atoms with van der Waals surface area (Å²) in [4.78, 5) is 14.2. The minimum absolute atomic E-state index is 0.0580. The highest BCUT2D eigenvalue weighted by molar-refractivity contribution is 7.84. The smallest absolute Gasteiger partial charge is 0.241 e. The van der Waals surface area contributed by atoms with Crippen molar-refractivity contribution in [3.63, 3.8) is 0 Å². The number of nitrogens with one attached hydrogen (secondary N) is 1. The summed E-state index contributed by atoms with van der Waals surface area (Å²) in [6.45, 7) is 8.90. The standard InChI is InChI=1S/C13H26N2O2S/c1-6-11-14-12(9(2)3)13(16)15(11)8-7-10(4)18(5)17/h9-12,14H,6-8H2,1-5H3. The van der Waals surface area contributed by atoms with Gasteiger partial charge in [0.1, 0.15) is 0 Å². The Kier molecular flexibility index (Phi) is 5.79. The van der Waals surface area contributed by atoms with Crippen LogP contribution in [0.15, 0.2) is 0 Å². The number of carbonyl (C=O) groups excluding carboxylic acids is 1. The molecule has 1 heterocycles. The Labute approximate surface area is 113 Å². The van der Waals surface area contributed by atoms with Crippen LogP contribution in [0.5, 0.6) is 0 Å². The highest BCUT2D eigenvalue weighted by atomic mass is 32.2. The van der Waals surface area contributed by atoms with Gasteiger partial charge >= 0.3 is 0 Å². The van der Waals surface area contributed by atoms with Crippen molar-refractivity contribution in [2.75, 3.05) is 12.8 Å². The van der Waals surface area contributed by atoms with E-state index >= 15 is 0 Å². The minimum atomic E-state index is -0.811. The number of carbonyl (C=O) groups is 1. The molecule has 0 aliphatic carbocycles. The Bertz CT molecular complexity index is 320. The van der Waals surface area contributed by atoms with Crippen LogP contribution >= 0.6 is 0 Å². The van der Waals surface area contributed by atoms with Crippen molar-refractivity contribution in [2.45, 2.75) is 58.0 Å². The van der Waals surface area contributed by atoms with Crippen molar-refractivity contribution < 1.29 is 9.00 Å². The molecule has 4 nitrogen and oxygen atoms in total. The Balaban J connectivity index is 2.62. The summed E-state index contributed by atoms with van der Waals surface area (Å²) in [5.74, 6) is 0.514. The van der Waals surface area contributed by atoms with Crippen molar-refractivity contribution in [2.24, 2.45) is 5.92 Å². The molecule has 1 N–H and O–H groups in total. The highest BCUT2D eigenvalue weighted by Crippen LogP contribution is 2.19. The van der Waals surface area contributed by atoms with E-state index in [0.29, 0.717) is 12.5 Å². The Morgan fingerprint density at radius 3 is 2.44 bits per heavy atom. The molecule has 0 bridgehead atoms. The fourth-order valence-electron chi connectivity index (χ4n) is 2.27. The number of amides is 1. The second kappa shape index (κ2) is 6.66. The summed E-state index contributed by atoms with van der Waals surface area (Å²) in [5.41, 5.74) is 0. The highest BCUT2D eigenvalue weighted by Gasteiger charge is 2.39. The van der Waals surface area contributed by atoms with Crippen LogP contribution in [0, 0.1) is 5.92 Å². The molecule has 0 saturated carbocycles. The van der Waals surface area contributed by atoms with Crippen molar-refractivity contribution in [1.29, 1.82) is 0 Å². The molecule has 0 aromatic rings. The molecule has 1 rings (SSSR count). The first-order chi connectivity index (χ1) is 8.38. The van der Waals surface area contributed by atoms with Crippen LogP contribution in [-0.2, 0) is 15.6 Å². The third-order valence-corrected chi connectivity index (χ3v) is 5.06. The lowest BCUT2D eigenvalue weighted by Gasteiger charge is -2.24. The molecule has 0 spiro atoms. The number of hydrogen-bond acceptors (Lipinski definition) is 3. The van der Waals surface area contributed by atoms with Gasteiger partial charge in [-0.2, -0.15) is 0 Å². The molecule has 1 saturated heterocycles. The summed E-state index contributed by atoms with van der Waals surface area (Å²) in [7, 11) is -0.811. The van der Waals surface area contributed by atoms with Crippen LogP contribution in [0.4, 0.5) is 0 Å². The van der Waals surface area contributed by atoms with Crippen LogP contribution in [0.2, 0.25) is 0 Å². The van der Waals surface area contributed by atoms with Crippen LogP contribution in [-0.4, -0.2) is 45.3 Å². The van der Waals surface area contributed by atoms with E-state index in [1.807, 2.05) is 11.8 Å². The molecule has 106 valence electrons. The fraction of sp³-hybridized carbons (Fsp3) is 0.923. The van der Waals surface area contributed by atoms with Crippen molar-refractivity contribution in [1.82, 2.24) is 10.2 Å². The SMILES string of the molecule is CCC1NC(C(C)C)C(=O)N1CCC(C)S(C)=O. The first-order valence-corrected chi connectivity index (χ1v) is 8.39. The van der Waals surface area contributed by atoms with Gasteiger partial charge in [0.15, 0.2) is 0 Å². The van der Waals surface area contributed by atoms with E-state index in [4.69, 9.17) is 0 Å². The molecule has 1 fully saturated rings. The first-order valence-electron chi connectivity index (χ1n) is 6.77. The molecule has 0 aromatic heterocycles. The fourth-order valence-corrected chi connectivity index (χ4v) is 2.71. The summed E-state index contributed by atoms with van der Waals surface area (Å²) in [6.07, 6.45) is 3.58. The van der Waals surface area contributed by atoms with Crippen molar-refractivity contribution >= 4 is 16.7 Å². The molecule has 1 aliphatic heterocycles. The van der Waals surface area contributed by atoms with E-state index in [2.05, 4.69) is 26.1 Å². The predicted octanol–water partition coefficient (Wildman–Crippen LogP) is 1.34. The molecule has 5 heteroatoms. The van der Waals surface area contributed by atoms with Crippen LogP contribution in [0.3, 0.4) is 0 Å². The van der Waals surface area contributed by atoms with Crippen LogP contribution in [0.25, 0.3) is 0 Å². The molecule has 4 unspecified atom stereocenters. The normalized spacial score (nSPS) is 27.9. The molecule has 1 aliphatic rings. The average Bonchev–Trinajstić information content (AvgIpc) is 2.62. The summed E-state index contributed by atoms with van der Waals surface area (Å²) in [6, 6.07) is -0.0580. The van der Waals surface area contributed by atoms with E-state index < -0.39 is 10.8 Å². The quantitative estimate of drug-likeness (QED) is 0.795. The largest absolute Gasteiger partial charge is 0.326 e. The van der Waals surface area contributed by atoms with Crippen LogP contribution < -0.4 is 5.32 Å². The third kappa shape index (κ3) is 3.54. The van der Waals surface area contributed by atoms with Gasteiger partial charge in [0.2, 0.25) is 5.91 Å². The predicted molar refractivity (Wildman–Crippen MR) is 75.7 cm³/mol. The van der Waals surface area contributed by atoms with Gasteiger partial charge in [-0.05, 0) is 18.8 Å². The zero-order valence-electron chi connectivity index (χ0n) is 12.1. The lowest BCUT2D eigenvalue weighted by atomic mass is 10.1. The van der Waals surface area contributed by atoms with Gasteiger partial charge in [-0.15, -0.1) is 0 Å².